The molecule has 27 rings (SSSR count). The van der Waals surface area contributed by atoms with Gasteiger partial charge >= 0.3 is 0 Å². The normalized spacial score (nSPS) is 11.4. The van der Waals surface area contributed by atoms with Crippen LogP contribution in [0.1, 0.15) is 0 Å². The van der Waals surface area contributed by atoms with Crippen molar-refractivity contribution in [1.29, 1.82) is 0 Å². The topological polar surface area (TPSA) is 157 Å². The predicted molar refractivity (Wildman–Crippen MR) is 586 cm³/mol. The maximum absolute atomic E-state index is 5.12. The number of aryl methyl sites for hydroxylation is 2. The molecule has 0 aliphatic carbocycles. The van der Waals surface area contributed by atoms with Crippen molar-refractivity contribution in [3.63, 3.8) is 0 Å². The van der Waals surface area contributed by atoms with E-state index in [0.717, 1.165) is 177 Å². The van der Waals surface area contributed by atoms with E-state index in [4.69, 9.17) is 54.8 Å². The van der Waals surface area contributed by atoms with Crippen LogP contribution < -0.4 is 0 Å². The van der Waals surface area contributed by atoms with Gasteiger partial charge in [0.15, 0.2) is 52.4 Å². The quantitative estimate of drug-likeness (QED) is 0.0962. The van der Waals surface area contributed by atoms with Crippen LogP contribution in [0.4, 0.5) is 0 Å². The van der Waals surface area contributed by atoms with Crippen molar-refractivity contribution in [3.8, 4) is 164 Å². The van der Waals surface area contributed by atoms with Gasteiger partial charge in [-0.25, -0.2) is 54.8 Å². The van der Waals surface area contributed by atoms with Gasteiger partial charge < -0.3 is 13.7 Å². The van der Waals surface area contributed by atoms with Gasteiger partial charge in [0, 0.05) is 91.8 Å². The van der Waals surface area contributed by atoms with E-state index in [1.807, 2.05) is 200 Å². The summed E-state index contributed by atoms with van der Waals surface area (Å²) in [6, 6.07) is 169. The zero-order valence-electron chi connectivity index (χ0n) is 77.9. The lowest BCUT2D eigenvalue weighted by Crippen LogP contribution is -2.01. The maximum Gasteiger partial charge on any atom is 0.164 e. The molecule has 0 N–H and O–H groups in total. The molecule has 21 aromatic carbocycles. The largest absolute Gasteiger partial charge is 0.327 e. The molecule has 0 radical (unpaired) electrons. The zero-order valence-corrected chi connectivity index (χ0v) is 77.9. The summed E-state index contributed by atoms with van der Waals surface area (Å²) in [5, 5.41) is 14.2. The molecule has 6 heterocycles. The molecule has 0 atom stereocenters. The Kier molecular flexibility index (Phi) is 22.1. The fourth-order valence-corrected chi connectivity index (χ4v) is 19.7. The average molecular weight is 1830 g/mol. The van der Waals surface area contributed by atoms with Gasteiger partial charge in [0.2, 0.25) is 0 Å². The SMILES string of the molecule is Cn1c(-c2ccc(-c3cc4ccccc4cc3-c3nc(-c4ccccc4)nc(-c4ccccc4)n3)cc2)nc2ccccc21.Cn1c(-c2ccc3cc(-c4cc5ccccc5cc4-c4nc(-c5ccccc5)nc(-c5ccccc5)n4)ccc3c2)nc2ccccc21.c1ccc(-c2nc(-c3ccccc3)nc(-c3cc4ccccc4cc3-c3ccc(-n4c5ccccc5c5c6ccccc6ccc54)cc3)n2)cc1. The molecule has 0 spiro atoms. The summed E-state index contributed by atoms with van der Waals surface area (Å²) in [5.74, 6) is 7.68. The minimum atomic E-state index is 0.637. The van der Waals surface area contributed by atoms with E-state index in [2.05, 4.69) is 313 Å². The van der Waals surface area contributed by atoms with Crippen molar-refractivity contribution < 1.29 is 0 Å². The van der Waals surface area contributed by atoms with E-state index in [9.17, 15) is 0 Å². The lowest BCUT2D eigenvalue weighted by atomic mass is 9.93. The molecule has 14 heteroatoms. The van der Waals surface area contributed by atoms with Crippen LogP contribution in [-0.2, 0) is 14.1 Å². The molecule has 0 saturated heterocycles. The van der Waals surface area contributed by atoms with Gasteiger partial charge in [0.25, 0.3) is 0 Å². The number of hydrogen-bond donors (Lipinski definition) is 0. The third-order valence-corrected chi connectivity index (χ3v) is 26.9. The van der Waals surface area contributed by atoms with Crippen molar-refractivity contribution in [2.24, 2.45) is 14.1 Å². The summed E-state index contributed by atoms with van der Waals surface area (Å²) in [4.78, 5) is 55.2. The maximum atomic E-state index is 5.12. The zero-order chi connectivity index (χ0) is 95.2. The van der Waals surface area contributed by atoms with Gasteiger partial charge in [-0.1, -0.05) is 388 Å². The van der Waals surface area contributed by atoms with Gasteiger partial charge in [-0.2, -0.15) is 0 Å². The second kappa shape index (κ2) is 37.0. The molecule has 27 aromatic rings. The fraction of sp³-hybridized carbons (Fsp3) is 0.0155. The summed E-state index contributed by atoms with van der Waals surface area (Å²) in [6.07, 6.45) is 0. The molecule has 0 aliphatic heterocycles. The number of aromatic nitrogens is 14. The Morgan fingerprint density at radius 2 is 0.413 bits per heavy atom. The van der Waals surface area contributed by atoms with Crippen molar-refractivity contribution in [2.75, 3.05) is 0 Å². The molecule has 0 fully saturated rings. The van der Waals surface area contributed by atoms with Gasteiger partial charge in [-0.3, -0.25) is 0 Å². The predicted octanol–water partition coefficient (Wildman–Crippen LogP) is 31.6. The Morgan fingerprint density at radius 3 is 0.790 bits per heavy atom. The summed E-state index contributed by atoms with van der Waals surface area (Å²) < 4.78 is 6.69. The van der Waals surface area contributed by atoms with E-state index in [0.29, 0.717) is 52.4 Å². The van der Waals surface area contributed by atoms with Crippen LogP contribution in [0.25, 0.3) is 262 Å². The Morgan fingerprint density at radius 1 is 0.154 bits per heavy atom. The number of fused-ring (bicyclic) bond motifs is 11. The average Bonchev–Trinajstić information content (AvgIpc) is 1.57. The first-order valence-corrected chi connectivity index (χ1v) is 47.9. The molecule has 6 aromatic heterocycles. The molecule has 0 saturated carbocycles. The van der Waals surface area contributed by atoms with Crippen LogP contribution in [-0.4, -0.2) is 68.5 Å². The first-order valence-electron chi connectivity index (χ1n) is 47.9. The van der Waals surface area contributed by atoms with Crippen LogP contribution >= 0.6 is 0 Å². The summed E-state index contributed by atoms with van der Waals surface area (Å²) in [6.45, 7) is 0. The van der Waals surface area contributed by atoms with E-state index < -0.39 is 0 Å². The number of nitrogens with zero attached hydrogens (tertiary/aromatic N) is 14. The van der Waals surface area contributed by atoms with Crippen molar-refractivity contribution in [1.82, 2.24) is 68.5 Å². The molecular weight excluding hydrogens is 1750 g/mol. The first-order chi connectivity index (χ1) is 70.7. The van der Waals surface area contributed by atoms with Crippen molar-refractivity contribution in [3.05, 3.63) is 485 Å². The first kappa shape index (κ1) is 85.4. The molecule has 0 aliphatic rings. The summed E-state index contributed by atoms with van der Waals surface area (Å²) in [7, 11) is 4.14. The third kappa shape index (κ3) is 16.5. The molecule has 0 amide bonds. The molecule has 0 unspecified atom stereocenters. The second-order valence-electron chi connectivity index (χ2n) is 35.8. The van der Waals surface area contributed by atoms with Crippen LogP contribution in [0.2, 0.25) is 0 Å². The van der Waals surface area contributed by atoms with Crippen LogP contribution in [0.5, 0.6) is 0 Å². The van der Waals surface area contributed by atoms with E-state index >= 15 is 0 Å². The van der Waals surface area contributed by atoms with Gasteiger partial charge in [-0.15, -0.1) is 0 Å². The Hall–Kier alpha value is -19.3. The highest BCUT2D eigenvalue weighted by atomic mass is 15.1. The molecule has 14 nitrogen and oxygen atoms in total. The monoisotopic (exact) mass is 1830 g/mol. The van der Waals surface area contributed by atoms with Gasteiger partial charge in [0.05, 0.1) is 33.1 Å². The Bertz CT molecular complexity index is 9350. The molecular formula is C129H86N14. The second-order valence-corrected chi connectivity index (χ2v) is 35.8. The smallest absolute Gasteiger partial charge is 0.164 e. The number of benzene rings is 21. The van der Waals surface area contributed by atoms with E-state index in [1.54, 1.807) is 0 Å². The number of imidazole rings is 2. The summed E-state index contributed by atoms with van der Waals surface area (Å²) >= 11 is 0. The van der Waals surface area contributed by atoms with Crippen molar-refractivity contribution >= 4 is 97.7 Å². The lowest BCUT2D eigenvalue weighted by Gasteiger charge is -2.15. The highest BCUT2D eigenvalue weighted by molar-refractivity contribution is 6.21. The van der Waals surface area contributed by atoms with E-state index in [-0.39, 0.29) is 0 Å². The fourth-order valence-electron chi connectivity index (χ4n) is 19.7. The highest BCUT2D eigenvalue weighted by Gasteiger charge is 2.25. The number of rotatable bonds is 15. The highest BCUT2D eigenvalue weighted by Crippen LogP contribution is 2.45. The van der Waals surface area contributed by atoms with Crippen molar-refractivity contribution in [2.45, 2.75) is 0 Å². The minimum Gasteiger partial charge on any atom is -0.327 e. The summed E-state index contributed by atoms with van der Waals surface area (Å²) in [5.41, 5.74) is 24.9. The number of hydrogen-bond acceptors (Lipinski definition) is 11. The third-order valence-electron chi connectivity index (χ3n) is 26.9. The minimum absolute atomic E-state index is 0.637. The van der Waals surface area contributed by atoms with E-state index in [1.165, 1.54) is 32.6 Å². The molecule has 143 heavy (non-hydrogen) atoms. The number of para-hydroxylation sites is 5. The van der Waals surface area contributed by atoms with Crippen LogP contribution in [0.15, 0.2) is 485 Å². The Labute approximate surface area is 824 Å². The molecule has 0 bridgehead atoms. The molecule has 672 valence electrons. The lowest BCUT2D eigenvalue weighted by molar-refractivity contribution is 0.959. The van der Waals surface area contributed by atoms with Crippen LogP contribution in [0, 0.1) is 0 Å². The standard InChI is InChI=1S/C47H30N4.C43H29N5.C39H27N5/c1-3-14-33(15-4-1)45-48-46(34-16-5-2-6-17-34)50-47(49-45)41-30-36-19-8-7-18-35(36)29-40(41)32-23-26-37(27-24-32)51-42-22-12-11-21-39(42)44-38-20-10-9-13-31(38)25-28-43(44)51;1-48-39-19-11-10-18-38(39)44-43(48)35-23-21-32-24-34(22-20-33(32)25-35)36-26-30-16-8-9-17-31(30)27-37(36)42-46-40(28-12-4-2-5-13-28)45-41(47-42)29-14-6-3-7-15-29;1-44-35-19-11-10-18-34(35)40-39(44)29-22-20-26(21-23-29)32-24-30-16-8-9-17-31(30)25-33(32)38-42-36(27-12-4-2-5-13-27)41-37(43-38)28-14-6-3-7-15-28/h1-30H;2-27H,1H3;2-25H,1H3. The van der Waals surface area contributed by atoms with Gasteiger partial charge in [0.1, 0.15) is 11.6 Å². The Balaban J connectivity index is 0.000000113. The van der Waals surface area contributed by atoms with Crippen LogP contribution in [0.3, 0.4) is 0 Å². The van der Waals surface area contributed by atoms with Gasteiger partial charge in [-0.05, 0) is 184 Å².